The van der Waals surface area contributed by atoms with Crippen LogP contribution in [0.4, 0.5) is 0 Å². The summed E-state index contributed by atoms with van der Waals surface area (Å²) >= 11 is 12.3. The van der Waals surface area contributed by atoms with Gasteiger partial charge in [0.1, 0.15) is 0 Å². The van der Waals surface area contributed by atoms with Crippen molar-refractivity contribution < 1.29 is 0 Å². The molecule has 106 valence electrons. The summed E-state index contributed by atoms with van der Waals surface area (Å²) < 4.78 is 0. The lowest BCUT2D eigenvalue weighted by Gasteiger charge is -2.16. The molecule has 21 heavy (non-hydrogen) atoms. The van der Waals surface area contributed by atoms with E-state index >= 15 is 0 Å². The third kappa shape index (κ3) is 3.06. The maximum atomic E-state index is 6.41. The summed E-state index contributed by atoms with van der Waals surface area (Å²) in [5.41, 5.74) is 8.52. The fourth-order valence-corrected chi connectivity index (χ4v) is 3.01. The molecule has 0 heterocycles. The lowest BCUT2D eigenvalue weighted by atomic mass is 9.95. The van der Waals surface area contributed by atoms with Crippen molar-refractivity contribution in [2.24, 2.45) is 5.73 Å². The van der Waals surface area contributed by atoms with Gasteiger partial charge in [-0.25, -0.2) is 0 Å². The molecule has 0 radical (unpaired) electrons. The molecule has 3 aromatic rings. The number of rotatable bonds is 3. The van der Waals surface area contributed by atoms with Crippen LogP contribution in [0.3, 0.4) is 0 Å². The van der Waals surface area contributed by atoms with Crippen LogP contribution in [0.25, 0.3) is 10.8 Å². The van der Waals surface area contributed by atoms with Gasteiger partial charge in [-0.15, -0.1) is 0 Å². The maximum absolute atomic E-state index is 6.41. The summed E-state index contributed by atoms with van der Waals surface area (Å²) in [5.74, 6) is 0. The van der Waals surface area contributed by atoms with Crippen LogP contribution in [0.2, 0.25) is 10.0 Å². The van der Waals surface area contributed by atoms with Gasteiger partial charge in [-0.05, 0) is 46.5 Å². The molecule has 2 N–H and O–H groups in total. The Labute approximate surface area is 134 Å². The molecule has 0 fully saturated rings. The van der Waals surface area contributed by atoms with Gasteiger partial charge < -0.3 is 5.73 Å². The molecular weight excluding hydrogens is 301 g/mol. The first-order valence-electron chi connectivity index (χ1n) is 6.82. The van der Waals surface area contributed by atoms with Crippen LogP contribution in [0.15, 0.2) is 60.7 Å². The third-order valence-electron chi connectivity index (χ3n) is 3.67. The number of hydrogen-bond acceptors (Lipinski definition) is 1. The highest BCUT2D eigenvalue weighted by molar-refractivity contribution is 6.33. The van der Waals surface area contributed by atoms with E-state index < -0.39 is 0 Å². The minimum absolute atomic E-state index is 0.118. The highest BCUT2D eigenvalue weighted by Crippen LogP contribution is 2.28. The number of nitrogens with two attached hydrogens (primary N) is 1. The van der Waals surface area contributed by atoms with Gasteiger partial charge in [0.2, 0.25) is 0 Å². The van der Waals surface area contributed by atoms with Gasteiger partial charge in [0.25, 0.3) is 0 Å². The van der Waals surface area contributed by atoms with E-state index in [2.05, 4.69) is 24.3 Å². The summed E-state index contributed by atoms with van der Waals surface area (Å²) in [4.78, 5) is 0. The molecular formula is C18H15Cl2N. The van der Waals surface area contributed by atoms with Crippen molar-refractivity contribution in [1.82, 2.24) is 0 Å². The molecule has 0 bridgehead atoms. The molecule has 0 aromatic heterocycles. The lowest BCUT2D eigenvalue weighted by Crippen LogP contribution is -2.14. The quantitative estimate of drug-likeness (QED) is 0.689. The maximum Gasteiger partial charge on any atom is 0.0439 e. The minimum atomic E-state index is -0.118. The van der Waals surface area contributed by atoms with Gasteiger partial charge in [0, 0.05) is 16.1 Å². The lowest BCUT2D eigenvalue weighted by molar-refractivity contribution is 0.728. The molecule has 0 saturated heterocycles. The first-order chi connectivity index (χ1) is 10.1. The summed E-state index contributed by atoms with van der Waals surface area (Å²) in [6, 6.07) is 19.8. The zero-order valence-electron chi connectivity index (χ0n) is 11.4. The van der Waals surface area contributed by atoms with E-state index in [0.29, 0.717) is 16.5 Å². The first kappa shape index (κ1) is 14.4. The molecule has 0 aliphatic heterocycles. The second kappa shape index (κ2) is 6.07. The fraction of sp³-hybridized carbons (Fsp3) is 0.111. The zero-order chi connectivity index (χ0) is 14.8. The van der Waals surface area contributed by atoms with Crippen molar-refractivity contribution in [3.8, 4) is 0 Å². The Morgan fingerprint density at radius 3 is 2.52 bits per heavy atom. The molecule has 0 aliphatic rings. The molecule has 1 atom stereocenters. The highest BCUT2D eigenvalue weighted by atomic mass is 35.5. The predicted molar refractivity (Wildman–Crippen MR) is 91.0 cm³/mol. The largest absolute Gasteiger partial charge is 0.324 e. The van der Waals surface area contributed by atoms with Crippen molar-refractivity contribution in [2.75, 3.05) is 0 Å². The third-order valence-corrected chi connectivity index (χ3v) is 4.27. The van der Waals surface area contributed by atoms with E-state index in [1.165, 1.54) is 10.8 Å². The average molecular weight is 316 g/mol. The van der Waals surface area contributed by atoms with Crippen molar-refractivity contribution in [2.45, 2.75) is 12.5 Å². The molecule has 1 nitrogen and oxygen atoms in total. The monoisotopic (exact) mass is 315 g/mol. The first-order valence-corrected chi connectivity index (χ1v) is 7.58. The Morgan fingerprint density at radius 1 is 0.905 bits per heavy atom. The highest BCUT2D eigenvalue weighted by Gasteiger charge is 2.12. The van der Waals surface area contributed by atoms with Gasteiger partial charge in [-0.3, -0.25) is 0 Å². The molecule has 3 heteroatoms. The van der Waals surface area contributed by atoms with Crippen LogP contribution in [0, 0.1) is 0 Å². The Bertz CT molecular complexity index is 778. The van der Waals surface area contributed by atoms with Crippen LogP contribution in [0.5, 0.6) is 0 Å². The molecule has 0 spiro atoms. The van der Waals surface area contributed by atoms with E-state index in [4.69, 9.17) is 28.9 Å². The Hall–Kier alpha value is -1.54. The summed E-state index contributed by atoms with van der Waals surface area (Å²) in [6.45, 7) is 0. The predicted octanol–water partition coefficient (Wildman–Crippen LogP) is 5.39. The topological polar surface area (TPSA) is 26.0 Å². The number of hydrogen-bond donors (Lipinski definition) is 1. The minimum Gasteiger partial charge on any atom is -0.324 e. The van der Waals surface area contributed by atoms with Crippen LogP contribution in [-0.4, -0.2) is 0 Å². The van der Waals surface area contributed by atoms with Crippen LogP contribution < -0.4 is 5.73 Å². The van der Waals surface area contributed by atoms with Crippen LogP contribution in [-0.2, 0) is 6.42 Å². The SMILES string of the molecule is NC(Cc1cc(Cl)ccc1Cl)c1cccc2ccccc12. The number of fused-ring (bicyclic) bond motifs is 1. The van der Waals surface area contributed by atoms with Crippen molar-refractivity contribution in [3.05, 3.63) is 81.8 Å². The van der Waals surface area contributed by atoms with E-state index in [0.717, 1.165) is 11.1 Å². The van der Waals surface area contributed by atoms with Gasteiger partial charge in [0.05, 0.1) is 0 Å². The van der Waals surface area contributed by atoms with E-state index in [1.807, 2.05) is 30.3 Å². The van der Waals surface area contributed by atoms with Gasteiger partial charge in [-0.1, -0.05) is 65.7 Å². The smallest absolute Gasteiger partial charge is 0.0439 e. The van der Waals surface area contributed by atoms with Crippen LogP contribution >= 0.6 is 23.2 Å². The molecule has 3 rings (SSSR count). The Kier molecular flexibility index (Phi) is 4.16. The Morgan fingerprint density at radius 2 is 1.67 bits per heavy atom. The molecule has 0 amide bonds. The van der Waals surface area contributed by atoms with Gasteiger partial charge >= 0.3 is 0 Å². The summed E-state index contributed by atoms with van der Waals surface area (Å²) in [7, 11) is 0. The second-order valence-electron chi connectivity index (χ2n) is 5.11. The molecule has 1 unspecified atom stereocenters. The summed E-state index contributed by atoms with van der Waals surface area (Å²) in [5, 5.41) is 3.77. The number of halogens is 2. The van der Waals surface area contributed by atoms with Crippen molar-refractivity contribution >= 4 is 34.0 Å². The Balaban J connectivity index is 1.97. The zero-order valence-corrected chi connectivity index (χ0v) is 12.9. The van der Waals surface area contributed by atoms with Crippen LogP contribution in [0.1, 0.15) is 17.2 Å². The summed E-state index contributed by atoms with van der Waals surface area (Å²) in [6.07, 6.45) is 0.660. The van der Waals surface area contributed by atoms with E-state index in [9.17, 15) is 0 Å². The normalized spacial score (nSPS) is 12.5. The molecule has 0 saturated carbocycles. The van der Waals surface area contributed by atoms with E-state index in [-0.39, 0.29) is 6.04 Å². The molecule has 3 aromatic carbocycles. The average Bonchev–Trinajstić information content (AvgIpc) is 2.50. The fourth-order valence-electron chi connectivity index (χ4n) is 2.62. The van der Waals surface area contributed by atoms with Gasteiger partial charge in [-0.2, -0.15) is 0 Å². The van der Waals surface area contributed by atoms with Gasteiger partial charge in [0.15, 0.2) is 0 Å². The second-order valence-corrected chi connectivity index (χ2v) is 5.96. The van der Waals surface area contributed by atoms with Crippen molar-refractivity contribution in [3.63, 3.8) is 0 Å². The standard InChI is InChI=1S/C18H15Cl2N/c19-14-8-9-17(20)13(10-14)11-18(21)16-7-3-5-12-4-1-2-6-15(12)16/h1-10,18H,11,21H2. The number of benzene rings is 3. The van der Waals surface area contributed by atoms with Crippen molar-refractivity contribution in [1.29, 1.82) is 0 Å². The van der Waals surface area contributed by atoms with E-state index in [1.54, 1.807) is 6.07 Å². The molecule has 0 aliphatic carbocycles.